The van der Waals surface area contributed by atoms with E-state index in [0.29, 0.717) is 23.1 Å². The Hall–Kier alpha value is -1.78. The van der Waals surface area contributed by atoms with E-state index in [1.807, 2.05) is 4.90 Å². The molecule has 1 aromatic rings. The number of anilines is 1. The van der Waals surface area contributed by atoms with Crippen molar-refractivity contribution in [3.05, 3.63) is 29.6 Å². The molecule has 1 saturated heterocycles. The van der Waals surface area contributed by atoms with Crippen LogP contribution in [0.4, 0.5) is 10.1 Å². The van der Waals surface area contributed by atoms with E-state index in [2.05, 4.69) is 19.0 Å². The lowest BCUT2D eigenvalue weighted by atomic mass is 10.0. The second-order valence-corrected chi connectivity index (χ2v) is 5.01. The van der Waals surface area contributed by atoms with Crippen LogP contribution in [-0.4, -0.2) is 24.1 Å². The Bertz CT molecular complexity index is 465. The lowest BCUT2D eigenvalue weighted by Gasteiger charge is -2.19. The van der Waals surface area contributed by atoms with Crippen molar-refractivity contribution in [2.45, 2.75) is 13.8 Å². The minimum Gasteiger partial charge on any atom is -0.409 e. The summed E-state index contributed by atoms with van der Waals surface area (Å²) in [6.45, 7) is 6.07. The van der Waals surface area contributed by atoms with E-state index in [1.165, 1.54) is 6.07 Å². The fourth-order valence-electron chi connectivity index (χ4n) is 2.31. The number of rotatable bonds is 2. The van der Waals surface area contributed by atoms with Gasteiger partial charge in [0.2, 0.25) is 0 Å². The maximum atomic E-state index is 14.0. The number of nitrogens with two attached hydrogens (primary N) is 1. The molecule has 2 unspecified atom stereocenters. The molecular weight excluding hydrogens is 233 g/mol. The molecule has 3 N–H and O–H groups in total. The van der Waals surface area contributed by atoms with Crippen molar-refractivity contribution in [1.82, 2.24) is 0 Å². The third-order valence-corrected chi connectivity index (χ3v) is 3.68. The van der Waals surface area contributed by atoms with Gasteiger partial charge in [-0.1, -0.05) is 19.0 Å². The molecule has 0 bridgehead atoms. The Morgan fingerprint density at radius 3 is 2.50 bits per heavy atom. The van der Waals surface area contributed by atoms with E-state index in [4.69, 9.17) is 10.9 Å². The Balaban J connectivity index is 2.26. The average Bonchev–Trinajstić information content (AvgIpc) is 2.68. The summed E-state index contributed by atoms with van der Waals surface area (Å²) in [5.74, 6) is 0.713. The van der Waals surface area contributed by atoms with Gasteiger partial charge in [-0.05, 0) is 30.0 Å². The van der Waals surface area contributed by atoms with Crippen molar-refractivity contribution in [3.8, 4) is 0 Å². The fraction of sp³-hybridized carbons (Fsp3) is 0.462. The van der Waals surface area contributed by atoms with Crippen LogP contribution in [0.25, 0.3) is 0 Å². The van der Waals surface area contributed by atoms with Gasteiger partial charge in [0.1, 0.15) is 5.82 Å². The highest BCUT2D eigenvalue weighted by Gasteiger charge is 2.27. The van der Waals surface area contributed by atoms with Gasteiger partial charge in [-0.25, -0.2) is 4.39 Å². The van der Waals surface area contributed by atoms with Crippen LogP contribution in [0, 0.1) is 17.7 Å². The van der Waals surface area contributed by atoms with Crippen molar-refractivity contribution >= 4 is 11.5 Å². The molecule has 0 saturated carbocycles. The molecule has 1 aliphatic heterocycles. The smallest absolute Gasteiger partial charge is 0.170 e. The van der Waals surface area contributed by atoms with Crippen LogP contribution in [0.2, 0.25) is 0 Å². The maximum absolute atomic E-state index is 14.0. The topological polar surface area (TPSA) is 61.8 Å². The second kappa shape index (κ2) is 4.84. The van der Waals surface area contributed by atoms with Gasteiger partial charge in [0.25, 0.3) is 0 Å². The highest BCUT2D eigenvalue weighted by atomic mass is 19.1. The molecule has 0 aliphatic carbocycles. The van der Waals surface area contributed by atoms with Crippen molar-refractivity contribution in [1.29, 1.82) is 0 Å². The molecule has 1 fully saturated rings. The maximum Gasteiger partial charge on any atom is 0.170 e. The zero-order valence-electron chi connectivity index (χ0n) is 10.6. The van der Waals surface area contributed by atoms with Gasteiger partial charge in [0, 0.05) is 18.7 Å². The highest BCUT2D eigenvalue weighted by Crippen LogP contribution is 2.29. The molecule has 0 spiro atoms. The van der Waals surface area contributed by atoms with Gasteiger partial charge >= 0.3 is 0 Å². The Morgan fingerprint density at radius 2 is 2.00 bits per heavy atom. The van der Waals surface area contributed by atoms with Crippen LogP contribution in [0.15, 0.2) is 23.4 Å². The summed E-state index contributed by atoms with van der Waals surface area (Å²) < 4.78 is 14.0. The molecule has 98 valence electrons. The molecule has 4 nitrogen and oxygen atoms in total. The van der Waals surface area contributed by atoms with Gasteiger partial charge in [-0.3, -0.25) is 0 Å². The van der Waals surface area contributed by atoms with Crippen molar-refractivity contribution in [2.24, 2.45) is 22.7 Å². The highest BCUT2D eigenvalue weighted by molar-refractivity contribution is 5.97. The van der Waals surface area contributed by atoms with Gasteiger partial charge in [0.15, 0.2) is 5.84 Å². The zero-order chi connectivity index (χ0) is 13.3. The molecule has 1 aromatic carbocycles. The number of benzene rings is 1. The molecular formula is C13H18FN3O. The number of halogens is 1. The van der Waals surface area contributed by atoms with Crippen LogP contribution in [-0.2, 0) is 0 Å². The van der Waals surface area contributed by atoms with Crippen LogP contribution in [0.1, 0.15) is 19.4 Å². The normalized spacial score (nSPS) is 24.6. The molecule has 2 atom stereocenters. The summed E-state index contributed by atoms with van der Waals surface area (Å²) in [4.78, 5) is 2.04. The third-order valence-electron chi connectivity index (χ3n) is 3.68. The lowest BCUT2D eigenvalue weighted by Crippen LogP contribution is -2.21. The summed E-state index contributed by atoms with van der Waals surface area (Å²) >= 11 is 0. The number of hydrogen-bond acceptors (Lipinski definition) is 3. The predicted molar refractivity (Wildman–Crippen MR) is 69.5 cm³/mol. The van der Waals surface area contributed by atoms with Crippen LogP contribution < -0.4 is 10.6 Å². The van der Waals surface area contributed by atoms with E-state index >= 15 is 0 Å². The van der Waals surface area contributed by atoms with Gasteiger partial charge in [-0.15, -0.1) is 0 Å². The van der Waals surface area contributed by atoms with E-state index < -0.39 is 0 Å². The predicted octanol–water partition coefficient (Wildman–Crippen LogP) is 2.01. The summed E-state index contributed by atoms with van der Waals surface area (Å²) in [6.07, 6.45) is 0. The van der Waals surface area contributed by atoms with E-state index in [0.717, 1.165) is 13.1 Å². The quantitative estimate of drug-likeness (QED) is 0.366. The van der Waals surface area contributed by atoms with Gasteiger partial charge in [-0.2, -0.15) is 0 Å². The van der Waals surface area contributed by atoms with E-state index in [1.54, 1.807) is 12.1 Å². The first-order chi connectivity index (χ1) is 8.52. The van der Waals surface area contributed by atoms with Gasteiger partial charge < -0.3 is 15.8 Å². The number of hydrogen-bond donors (Lipinski definition) is 2. The first-order valence-electron chi connectivity index (χ1n) is 6.05. The SMILES string of the molecule is CC1CN(c2ccc(C(N)=NO)cc2F)CC1C. The summed E-state index contributed by atoms with van der Waals surface area (Å²) in [5, 5.41) is 11.4. The van der Waals surface area contributed by atoms with Crippen LogP contribution in [0.3, 0.4) is 0 Å². The minimum atomic E-state index is -0.333. The number of nitrogens with zero attached hydrogens (tertiary/aromatic N) is 2. The first kappa shape index (κ1) is 12.7. The standard InChI is InChI=1S/C13H18FN3O/c1-8-6-17(7-9(8)2)12-4-3-10(5-11(12)14)13(15)16-18/h3-5,8-9,18H,6-7H2,1-2H3,(H2,15,16). The number of amidine groups is 1. The van der Waals surface area contributed by atoms with Crippen molar-refractivity contribution < 1.29 is 9.60 Å². The lowest BCUT2D eigenvalue weighted by molar-refractivity contribution is 0.318. The Morgan fingerprint density at radius 1 is 1.39 bits per heavy atom. The molecule has 5 heteroatoms. The van der Waals surface area contributed by atoms with Crippen LogP contribution >= 0.6 is 0 Å². The third kappa shape index (κ3) is 2.25. The summed E-state index contributed by atoms with van der Waals surface area (Å²) in [6, 6.07) is 4.66. The first-order valence-corrected chi connectivity index (χ1v) is 6.05. The Labute approximate surface area is 106 Å². The Kier molecular flexibility index (Phi) is 3.41. The van der Waals surface area contributed by atoms with E-state index in [-0.39, 0.29) is 11.7 Å². The monoisotopic (exact) mass is 251 g/mol. The zero-order valence-corrected chi connectivity index (χ0v) is 10.6. The summed E-state index contributed by atoms with van der Waals surface area (Å²) in [5.41, 5.74) is 6.40. The molecule has 18 heavy (non-hydrogen) atoms. The summed E-state index contributed by atoms with van der Waals surface area (Å²) in [7, 11) is 0. The largest absolute Gasteiger partial charge is 0.409 e. The fourth-order valence-corrected chi connectivity index (χ4v) is 2.31. The number of oxime groups is 1. The molecule has 0 amide bonds. The van der Waals surface area contributed by atoms with Crippen molar-refractivity contribution in [2.75, 3.05) is 18.0 Å². The minimum absolute atomic E-state index is 0.0800. The van der Waals surface area contributed by atoms with Gasteiger partial charge in [0.05, 0.1) is 5.69 Å². The average molecular weight is 251 g/mol. The molecule has 0 aromatic heterocycles. The molecule has 1 heterocycles. The molecule has 0 radical (unpaired) electrons. The van der Waals surface area contributed by atoms with E-state index in [9.17, 15) is 4.39 Å². The van der Waals surface area contributed by atoms with Crippen LogP contribution in [0.5, 0.6) is 0 Å². The molecule has 1 aliphatic rings. The second-order valence-electron chi connectivity index (χ2n) is 5.01. The van der Waals surface area contributed by atoms with Crippen molar-refractivity contribution in [3.63, 3.8) is 0 Å². The molecule has 2 rings (SSSR count).